The monoisotopic (exact) mass is 245 g/mol. The van der Waals surface area contributed by atoms with E-state index >= 15 is 0 Å². The molecule has 0 heterocycles. The number of hydrogen-bond acceptors (Lipinski definition) is 2. The minimum Gasteiger partial charge on any atom is -0.379 e. The van der Waals surface area contributed by atoms with E-state index < -0.39 is 0 Å². The molecule has 0 atom stereocenters. The second-order valence-electron chi connectivity index (χ2n) is 4.46. The van der Waals surface area contributed by atoms with Crippen LogP contribution in [0.1, 0.15) is 19.3 Å². The van der Waals surface area contributed by atoms with Gasteiger partial charge in [0, 0.05) is 33.8 Å². The average Bonchev–Trinajstić information content (AvgIpc) is 3.14. The van der Waals surface area contributed by atoms with Gasteiger partial charge < -0.3 is 15.0 Å². The molecule has 5 heteroatoms. The molecule has 1 fully saturated rings. The van der Waals surface area contributed by atoms with Gasteiger partial charge in [0.15, 0.2) is 5.96 Å². The van der Waals surface area contributed by atoms with Crippen LogP contribution in [0.25, 0.3) is 0 Å². The molecule has 1 aliphatic carbocycles. The number of likely N-dealkylation sites (N-methyl/N-ethyl adjacent to an activating group) is 1. The summed E-state index contributed by atoms with van der Waals surface area (Å²) in [6.07, 6.45) is 3.16. The Morgan fingerprint density at radius 3 is 2.88 bits per heavy atom. The molecule has 0 radical (unpaired) electrons. The average molecular weight is 245 g/mol. The van der Waals surface area contributed by atoms with Crippen LogP contribution in [0, 0.1) is 5.92 Å². The number of guanidine groups is 1. The minimum atomic E-state index is -0.293. The number of aliphatic imine (C=N–C) groups is 1. The molecule has 0 saturated heterocycles. The van der Waals surface area contributed by atoms with Gasteiger partial charge in [0.05, 0.1) is 13.3 Å². The van der Waals surface area contributed by atoms with Crippen LogP contribution in [-0.2, 0) is 4.74 Å². The van der Waals surface area contributed by atoms with Gasteiger partial charge in [-0.05, 0) is 25.2 Å². The summed E-state index contributed by atoms with van der Waals surface area (Å²) in [5, 5.41) is 3.11. The van der Waals surface area contributed by atoms with Crippen LogP contribution >= 0.6 is 0 Å². The van der Waals surface area contributed by atoms with Crippen LogP contribution in [0.5, 0.6) is 0 Å². The molecule has 0 aromatic carbocycles. The molecule has 0 aromatic rings. The largest absolute Gasteiger partial charge is 0.379 e. The Kier molecular flexibility index (Phi) is 6.93. The maximum atomic E-state index is 12.0. The van der Waals surface area contributed by atoms with Crippen molar-refractivity contribution in [3.05, 3.63) is 0 Å². The molecule has 0 spiro atoms. The molecule has 0 aromatic heterocycles. The molecular formula is C12H24FN3O. The minimum absolute atomic E-state index is 0.293. The summed E-state index contributed by atoms with van der Waals surface area (Å²) in [4.78, 5) is 6.14. The Labute approximate surface area is 103 Å². The predicted octanol–water partition coefficient (Wildman–Crippen LogP) is 1.28. The van der Waals surface area contributed by atoms with Gasteiger partial charge in [0.2, 0.25) is 0 Å². The number of alkyl halides is 1. The molecule has 1 aliphatic rings. The van der Waals surface area contributed by atoms with Crippen LogP contribution in [0.2, 0.25) is 0 Å². The summed E-state index contributed by atoms with van der Waals surface area (Å²) < 4.78 is 17.5. The predicted molar refractivity (Wildman–Crippen MR) is 68.1 cm³/mol. The molecule has 1 rings (SSSR count). The molecule has 0 unspecified atom stereocenters. The van der Waals surface area contributed by atoms with E-state index in [0.717, 1.165) is 31.6 Å². The first-order valence-corrected chi connectivity index (χ1v) is 6.33. The van der Waals surface area contributed by atoms with Crippen LogP contribution < -0.4 is 5.32 Å². The van der Waals surface area contributed by atoms with E-state index in [1.165, 1.54) is 12.8 Å². The summed E-state index contributed by atoms with van der Waals surface area (Å²) in [6.45, 7) is 2.75. The number of nitrogens with one attached hydrogen (secondary N) is 1. The fraction of sp³-hybridized carbons (Fsp3) is 0.917. The molecule has 0 amide bonds. The van der Waals surface area contributed by atoms with Crippen molar-refractivity contribution in [3.8, 4) is 0 Å². The van der Waals surface area contributed by atoms with Crippen molar-refractivity contribution < 1.29 is 9.13 Å². The Morgan fingerprint density at radius 1 is 1.53 bits per heavy atom. The lowest BCUT2D eigenvalue weighted by molar-refractivity contribution is 0.115. The van der Waals surface area contributed by atoms with Crippen molar-refractivity contribution in [1.29, 1.82) is 0 Å². The molecule has 0 aliphatic heterocycles. The quantitative estimate of drug-likeness (QED) is 0.397. The lowest BCUT2D eigenvalue weighted by Gasteiger charge is -2.21. The Morgan fingerprint density at radius 2 is 2.29 bits per heavy atom. The highest BCUT2D eigenvalue weighted by atomic mass is 19.1. The second kappa shape index (κ2) is 8.28. The number of rotatable bonds is 8. The maximum Gasteiger partial charge on any atom is 0.193 e. The van der Waals surface area contributed by atoms with Gasteiger partial charge in [-0.1, -0.05) is 0 Å². The third kappa shape index (κ3) is 6.46. The van der Waals surface area contributed by atoms with E-state index in [9.17, 15) is 4.39 Å². The van der Waals surface area contributed by atoms with Gasteiger partial charge in [-0.2, -0.15) is 0 Å². The molecule has 0 bridgehead atoms. The lowest BCUT2D eigenvalue weighted by atomic mass is 10.4. The third-order valence-electron chi connectivity index (χ3n) is 2.79. The van der Waals surface area contributed by atoms with Crippen LogP contribution in [0.4, 0.5) is 4.39 Å². The van der Waals surface area contributed by atoms with Gasteiger partial charge >= 0.3 is 0 Å². The number of ether oxygens (including phenoxy) is 1. The maximum absolute atomic E-state index is 12.0. The highest BCUT2D eigenvalue weighted by Gasteiger charge is 2.21. The zero-order chi connectivity index (χ0) is 12.5. The summed E-state index contributed by atoms with van der Waals surface area (Å²) in [5.74, 6) is 1.61. The lowest BCUT2D eigenvalue weighted by Crippen LogP contribution is -2.41. The van der Waals surface area contributed by atoms with E-state index in [4.69, 9.17) is 4.74 Å². The van der Waals surface area contributed by atoms with E-state index in [2.05, 4.69) is 10.3 Å². The zero-order valence-electron chi connectivity index (χ0n) is 10.9. The second-order valence-corrected chi connectivity index (χ2v) is 4.46. The summed E-state index contributed by atoms with van der Waals surface area (Å²) >= 11 is 0. The fourth-order valence-electron chi connectivity index (χ4n) is 1.49. The van der Waals surface area contributed by atoms with Crippen molar-refractivity contribution in [2.75, 3.05) is 47.1 Å². The molecule has 4 nitrogen and oxygen atoms in total. The summed E-state index contributed by atoms with van der Waals surface area (Å²) in [5.41, 5.74) is 0. The van der Waals surface area contributed by atoms with Crippen molar-refractivity contribution in [3.63, 3.8) is 0 Å². The van der Waals surface area contributed by atoms with Gasteiger partial charge in [-0.3, -0.25) is 9.38 Å². The van der Waals surface area contributed by atoms with E-state index in [1.54, 1.807) is 7.05 Å². The van der Waals surface area contributed by atoms with Crippen LogP contribution in [-0.4, -0.2) is 57.9 Å². The van der Waals surface area contributed by atoms with Gasteiger partial charge in [-0.25, -0.2) is 0 Å². The Hall–Kier alpha value is -0.840. The zero-order valence-corrected chi connectivity index (χ0v) is 10.9. The van der Waals surface area contributed by atoms with Crippen molar-refractivity contribution >= 4 is 5.96 Å². The van der Waals surface area contributed by atoms with Crippen molar-refractivity contribution in [2.45, 2.75) is 19.3 Å². The molecule has 1 saturated carbocycles. The smallest absolute Gasteiger partial charge is 0.193 e. The first-order valence-electron chi connectivity index (χ1n) is 6.33. The number of hydrogen-bond donors (Lipinski definition) is 1. The topological polar surface area (TPSA) is 36.9 Å². The Bertz CT molecular complexity index is 232. The van der Waals surface area contributed by atoms with Crippen molar-refractivity contribution in [2.24, 2.45) is 10.9 Å². The molecular weight excluding hydrogens is 221 g/mol. The van der Waals surface area contributed by atoms with Gasteiger partial charge in [0.25, 0.3) is 0 Å². The van der Waals surface area contributed by atoms with E-state index in [1.807, 2.05) is 11.9 Å². The summed E-state index contributed by atoms with van der Waals surface area (Å²) in [6, 6.07) is 0. The SMILES string of the molecule is CN=C(NCCCF)N(C)CCOCC1CC1. The number of nitrogens with zero attached hydrogens (tertiary/aromatic N) is 2. The van der Waals surface area contributed by atoms with Crippen LogP contribution in [0.15, 0.2) is 4.99 Å². The van der Waals surface area contributed by atoms with Gasteiger partial charge in [0.1, 0.15) is 0 Å². The van der Waals surface area contributed by atoms with Crippen LogP contribution in [0.3, 0.4) is 0 Å². The highest BCUT2D eigenvalue weighted by molar-refractivity contribution is 5.79. The first-order chi connectivity index (χ1) is 8.27. The molecule has 17 heavy (non-hydrogen) atoms. The first kappa shape index (κ1) is 14.2. The summed E-state index contributed by atoms with van der Waals surface area (Å²) in [7, 11) is 3.70. The molecule has 100 valence electrons. The van der Waals surface area contributed by atoms with E-state index in [-0.39, 0.29) is 6.67 Å². The third-order valence-corrected chi connectivity index (χ3v) is 2.79. The molecule has 1 N–H and O–H groups in total. The normalized spacial score (nSPS) is 16.1. The fourth-order valence-corrected chi connectivity index (χ4v) is 1.49. The van der Waals surface area contributed by atoms with Gasteiger partial charge in [-0.15, -0.1) is 0 Å². The number of halogens is 1. The Balaban J connectivity index is 2.06. The van der Waals surface area contributed by atoms with Crippen molar-refractivity contribution in [1.82, 2.24) is 10.2 Å². The highest BCUT2D eigenvalue weighted by Crippen LogP contribution is 2.28. The van der Waals surface area contributed by atoms with E-state index in [0.29, 0.717) is 13.0 Å². The standard InChI is InChI=1S/C12H24FN3O/c1-14-12(15-7-3-6-13)16(2)8-9-17-10-11-4-5-11/h11H,3-10H2,1-2H3,(H,14,15).